The van der Waals surface area contributed by atoms with Crippen molar-refractivity contribution in [3.8, 4) is 17.2 Å². The van der Waals surface area contributed by atoms with Crippen LogP contribution in [0.3, 0.4) is 0 Å². The van der Waals surface area contributed by atoms with Crippen LogP contribution in [0.25, 0.3) is 11.1 Å². The Morgan fingerprint density at radius 1 is 1.12 bits per heavy atom. The number of unbranched alkanes of at least 4 members (excludes halogenated alkanes) is 1. The number of halogens is 1. The fraction of sp³-hybridized carbons (Fsp3) is 0.296. The highest BCUT2D eigenvalue weighted by molar-refractivity contribution is 6.30. The van der Waals surface area contributed by atoms with Crippen LogP contribution >= 0.6 is 11.6 Å². The van der Waals surface area contributed by atoms with E-state index in [0.29, 0.717) is 17.1 Å². The summed E-state index contributed by atoms with van der Waals surface area (Å²) in [7, 11) is 0. The topological polar surface area (TPSA) is 63.0 Å². The van der Waals surface area contributed by atoms with Gasteiger partial charge in [-0.3, -0.25) is 4.79 Å². The lowest BCUT2D eigenvalue weighted by Gasteiger charge is -2.18. The summed E-state index contributed by atoms with van der Waals surface area (Å²) in [6.45, 7) is 5.66. The first kappa shape index (κ1) is 23.5. The van der Waals surface area contributed by atoms with Crippen molar-refractivity contribution >= 4 is 17.6 Å². The number of rotatable bonds is 8. The molecule has 0 spiro atoms. The highest BCUT2D eigenvalue weighted by atomic mass is 35.5. The number of aromatic nitrogens is 1. The normalized spacial score (nSPS) is 10.6. The summed E-state index contributed by atoms with van der Waals surface area (Å²) < 4.78 is 5.35. The van der Waals surface area contributed by atoms with Crippen LogP contribution in [0.4, 0.5) is 0 Å². The van der Waals surface area contributed by atoms with Crippen LogP contribution in [0.2, 0.25) is 5.15 Å². The summed E-state index contributed by atoms with van der Waals surface area (Å²) in [5, 5.41) is 9.86. The second-order valence-corrected chi connectivity index (χ2v) is 8.20. The van der Waals surface area contributed by atoms with E-state index < -0.39 is 0 Å². The maximum absolute atomic E-state index is 11.5. The Morgan fingerprint density at radius 3 is 2.50 bits per heavy atom. The standard InChI is InChI=1S/C27H27ClN2O2/c1-4-5-10-26-24(25(17-32-19(3)31)18(2)27(28)30-26)15-20-11-13-21(14-12-20)23-9-7-6-8-22(23)16-29/h6-9,11-14H,4-5,10,15,17H2,1-3H3. The summed E-state index contributed by atoms with van der Waals surface area (Å²) in [6, 6.07) is 18.1. The Bertz CT molecular complexity index is 1150. The highest BCUT2D eigenvalue weighted by Gasteiger charge is 2.18. The van der Waals surface area contributed by atoms with E-state index in [2.05, 4.69) is 30.1 Å². The molecule has 0 aliphatic heterocycles. The Labute approximate surface area is 194 Å². The molecule has 0 saturated carbocycles. The van der Waals surface area contributed by atoms with Gasteiger partial charge in [0.1, 0.15) is 11.8 Å². The van der Waals surface area contributed by atoms with Crippen molar-refractivity contribution in [1.29, 1.82) is 5.26 Å². The number of nitriles is 1. The van der Waals surface area contributed by atoms with Crippen molar-refractivity contribution in [3.63, 3.8) is 0 Å². The molecule has 0 radical (unpaired) electrons. The van der Waals surface area contributed by atoms with Gasteiger partial charge in [0, 0.05) is 18.2 Å². The molecule has 0 aliphatic rings. The van der Waals surface area contributed by atoms with E-state index in [0.717, 1.165) is 58.3 Å². The first-order valence-electron chi connectivity index (χ1n) is 10.8. The molecular formula is C27H27ClN2O2. The predicted octanol–water partition coefficient (Wildman–Crippen LogP) is 6.58. The number of benzene rings is 2. The molecule has 3 rings (SSSR count). The fourth-order valence-corrected chi connectivity index (χ4v) is 3.98. The number of aryl methyl sites for hydroxylation is 1. The van der Waals surface area contributed by atoms with Crippen LogP contribution in [-0.2, 0) is 29.0 Å². The number of hydrogen-bond donors (Lipinski definition) is 0. The largest absolute Gasteiger partial charge is 0.461 e. The van der Waals surface area contributed by atoms with Crippen LogP contribution in [0.1, 0.15) is 60.2 Å². The van der Waals surface area contributed by atoms with Crippen molar-refractivity contribution in [1.82, 2.24) is 4.98 Å². The Hall–Kier alpha value is -3.16. The minimum Gasteiger partial charge on any atom is -0.461 e. The molecule has 3 aromatic rings. The lowest BCUT2D eigenvalue weighted by Crippen LogP contribution is -2.10. The van der Waals surface area contributed by atoms with Gasteiger partial charge in [0.15, 0.2) is 0 Å². The van der Waals surface area contributed by atoms with Crippen molar-refractivity contribution in [3.05, 3.63) is 87.2 Å². The first-order valence-corrected chi connectivity index (χ1v) is 11.2. The van der Waals surface area contributed by atoms with Crippen LogP contribution in [0.15, 0.2) is 48.5 Å². The average molecular weight is 447 g/mol. The molecular weight excluding hydrogens is 420 g/mol. The summed E-state index contributed by atoms with van der Waals surface area (Å²) in [5.74, 6) is -0.320. The second-order valence-electron chi connectivity index (χ2n) is 7.85. The smallest absolute Gasteiger partial charge is 0.302 e. The first-order chi connectivity index (χ1) is 15.4. The Morgan fingerprint density at radius 2 is 1.84 bits per heavy atom. The predicted molar refractivity (Wildman–Crippen MR) is 127 cm³/mol. The van der Waals surface area contributed by atoms with E-state index in [9.17, 15) is 10.1 Å². The quantitative estimate of drug-likeness (QED) is 0.289. The summed E-state index contributed by atoms with van der Waals surface area (Å²) in [5.41, 5.74) is 7.52. The molecule has 32 heavy (non-hydrogen) atoms. The van der Waals surface area contributed by atoms with Crippen molar-refractivity contribution < 1.29 is 9.53 Å². The monoisotopic (exact) mass is 446 g/mol. The van der Waals surface area contributed by atoms with Gasteiger partial charge >= 0.3 is 5.97 Å². The van der Waals surface area contributed by atoms with Crippen LogP contribution in [0, 0.1) is 18.3 Å². The molecule has 0 unspecified atom stereocenters. The van der Waals surface area contributed by atoms with Gasteiger partial charge in [-0.25, -0.2) is 4.98 Å². The minimum absolute atomic E-state index is 0.186. The third-order valence-corrected chi connectivity index (χ3v) is 5.96. The molecule has 0 amide bonds. The molecule has 164 valence electrons. The number of nitrogens with zero attached hydrogens (tertiary/aromatic N) is 2. The van der Waals surface area contributed by atoms with Crippen LogP contribution < -0.4 is 0 Å². The lowest BCUT2D eigenvalue weighted by molar-refractivity contribution is -0.142. The van der Waals surface area contributed by atoms with Gasteiger partial charge in [-0.15, -0.1) is 0 Å². The molecule has 0 bridgehead atoms. The molecule has 1 aromatic heterocycles. The third kappa shape index (κ3) is 5.55. The van der Waals surface area contributed by atoms with E-state index in [1.165, 1.54) is 6.92 Å². The number of pyridine rings is 1. The third-order valence-electron chi connectivity index (χ3n) is 5.59. The SMILES string of the molecule is CCCCc1nc(Cl)c(C)c(COC(C)=O)c1Cc1ccc(-c2ccccc2C#N)cc1. The molecule has 0 N–H and O–H groups in total. The van der Waals surface area contributed by atoms with E-state index in [1.54, 1.807) is 0 Å². The zero-order valence-electron chi connectivity index (χ0n) is 18.7. The maximum atomic E-state index is 11.5. The molecule has 5 heteroatoms. The van der Waals surface area contributed by atoms with Gasteiger partial charge in [-0.05, 0) is 60.1 Å². The van der Waals surface area contributed by atoms with E-state index in [1.807, 2.05) is 43.3 Å². The van der Waals surface area contributed by atoms with Crippen LogP contribution in [-0.4, -0.2) is 11.0 Å². The Balaban J connectivity index is 1.98. The number of ether oxygens (including phenoxy) is 1. The molecule has 1 heterocycles. The minimum atomic E-state index is -0.320. The van der Waals surface area contributed by atoms with Crippen LogP contribution in [0.5, 0.6) is 0 Å². The highest BCUT2D eigenvalue weighted by Crippen LogP contribution is 2.29. The van der Waals surface area contributed by atoms with Crippen molar-refractivity contribution in [2.75, 3.05) is 0 Å². The van der Waals surface area contributed by atoms with Crippen molar-refractivity contribution in [2.45, 2.75) is 53.1 Å². The molecule has 4 nitrogen and oxygen atoms in total. The number of esters is 1. The molecule has 0 atom stereocenters. The van der Waals surface area contributed by atoms with E-state index in [4.69, 9.17) is 16.3 Å². The number of carbonyl (C=O) groups is 1. The van der Waals surface area contributed by atoms with E-state index >= 15 is 0 Å². The number of carbonyl (C=O) groups excluding carboxylic acids is 1. The van der Waals surface area contributed by atoms with Crippen molar-refractivity contribution in [2.24, 2.45) is 0 Å². The van der Waals surface area contributed by atoms with Gasteiger partial charge in [-0.1, -0.05) is 67.4 Å². The van der Waals surface area contributed by atoms with Gasteiger partial charge in [0.05, 0.1) is 11.6 Å². The molecule has 0 aliphatic carbocycles. The maximum Gasteiger partial charge on any atom is 0.302 e. The lowest BCUT2D eigenvalue weighted by atomic mass is 9.92. The average Bonchev–Trinajstić information content (AvgIpc) is 2.80. The molecule has 2 aromatic carbocycles. The van der Waals surface area contributed by atoms with Gasteiger partial charge in [-0.2, -0.15) is 5.26 Å². The Kier molecular flexibility index (Phi) is 8.03. The van der Waals surface area contributed by atoms with Gasteiger partial charge in [0.25, 0.3) is 0 Å². The summed E-state index contributed by atoms with van der Waals surface area (Å²) >= 11 is 6.43. The fourth-order valence-electron chi connectivity index (χ4n) is 3.76. The van der Waals surface area contributed by atoms with Gasteiger partial charge < -0.3 is 4.74 Å². The van der Waals surface area contributed by atoms with Gasteiger partial charge in [0.2, 0.25) is 0 Å². The second kappa shape index (κ2) is 10.9. The zero-order valence-corrected chi connectivity index (χ0v) is 19.5. The number of hydrogen-bond acceptors (Lipinski definition) is 4. The molecule has 0 fully saturated rings. The summed E-state index contributed by atoms with van der Waals surface area (Å²) in [4.78, 5) is 16.1. The zero-order chi connectivity index (χ0) is 23.1. The summed E-state index contributed by atoms with van der Waals surface area (Å²) in [6.07, 6.45) is 3.56. The van der Waals surface area contributed by atoms with E-state index in [-0.39, 0.29) is 12.6 Å². The molecule has 0 saturated heterocycles.